The van der Waals surface area contributed by atoms with Crippen LogP contribution >= 0.6 is 11.6 Å². The van der Waals surface area contributed by atoms with Crippen LogP contribution in [0.5, 0.6) is 5.75 Å². The van der Waals surface area contributed by atoms with E-state index in [1.54, 1.807) is 53.5 Å². The summed E-state index contributed by atoms with van der Waals surface area (Å²) in [7, 11) is 1.59. The number of nitrogens with one attached hydrogen (secondary N) is 1. The first-order valence-corrected chi connectivity index (χ1v) is 13.1. The number of nitriles is 1. The zero-order valence-corrected chi connectivity index (χ0v) is 21.9. The van der Waals surface area contributed by atoms with Crippen molar-refractivity contribution in [3.8, 4) is 11.8 Å². The normalized spacial score (nSPS) is 24.3. The molecular formula is C28H27ClN6O3. The van der Waals surface area contributed by atoms with Crippen molar-refractivity contribution in [2.24, 2.45) is 11.8 Å². The van der Waals surface area contributed by atoms with Gasteiger partial charge in [0.15, 0.2) is 0 Å². The van der Waals surface area contributed by atoms with Gasteiger partial charge in [-0.2, -0.15) is 10.4 Å². The molecule has 9 nitrogen and oxygen atoms in total. The number of rotatable bonds is 7. The molecule has 3 heterocycles. The minimum atomic E-state index is -0.240. The zero-order valence-electron chi connectivity index (χ0n) is 21.1. The van der Waals surface area contributed by atoms with Gasteiger partial charge in [-0.3, -0.25) is 19.2 Å². The van der Waals surface area contributed by atoms with Crippen LogP contribution in [0, 0.1) is 23.2 Å². The van der Waals surface area contributed by atoms with Gasteiger partial charge in [0.2, 0.25) is 5.91 Å². The number of piperidine rings is 1. The topological polar surface area (TPSA) is 113 Å². The summed E-state index contributed by atoms with van der Waals surface area (Å²) in [6, 6.07) is 9.11. The van der Waals surface area contributed by atoms with Gasteiger partial charge in [-0.05, 0) is 61.8 Å². The van der Waals surface area contributed by atoms with Crippen LogP contribution in [0.25, 0.3) is 0 Å². The molecule has 6 rings (SSSR count). The van der Waals surface area contributed by atoms with Crippen LogP contribution in [0.15, 0.2) is 42.9 Å². The lowest BCUT2D eigenvalue weighted by atomic mass is 9.74. The first-order chi connectivity index (χ1) is 18.4. The predicted octanol–water partition coefficient (Wildman–Crippen LogP) is 4.08. The van der Waals surface area contributed by atoms with Crippen LogP contribution < -0.4 is 15.0 Å². The Kier molecular flexibility index (Phi) is 6.07. The van der Waals surface area contributed by atoms with Crippen molar-refractivity contribution in [3.63, 3.8) is 0 Å². The second-order valence-electron chi connectivity index (χ2n) is 10.4. The molecule has 3 atom stereocenters. The highest BCUT2D eigenvalue weighted by molar-refractivity contribution is 6.30. The lowest BCUT2D eigenvalue weighted by Gasteiger charge is -2.36. The number of fused-ring (bicyclic) bond motifs is 1. The molecule has 2 aromatic heterocycles. The van der Waals surface area contributed by atoms with Gasteiger partial charge in [0.05, 0.1) is 36.5 Å². The molecule has 1 saturated heterocycles. The maximum Gasteiger partial charge on any atom is 0.254 e. The van der Waals surface area contributed by atoms with Crippen LogP contribution in [0.3, 0.4) is 0 Å². The van der Waals surface area contributed by atoms with Gasteiger partial charge in [0.25, 0.3) is 5.91 Å². The number of hydrogen-bond donors (Lipinski definition) is 1. The molecule has 1 aliphatic heterocycles. The summed E-state index contributed by atoms with van der Waals surface area (Å²) >= 11 is 6.12. The number of carbonyl (C=O) groups excluding carboxylic acids is 2. The SMILES string of the molecule is COc1cc(N2C[C@H]3C[C@H]3C2=O)ncc1[C@@H](C)n1cc(C(=O)NC2CC(c3cc(Cl)ccc3C#N)C2)cn1. The minimum absolute atomic E-state index is 0.0231. The Morgan fingerprint density at radius 2 is 2.08 bits per heavy atom. The molecule has 0 radical (unpaired) electrons. The Labute approximate surface area is 225 Å². The van der Waals surface area contributed by atoms with E-state index in [-0.39, 0.29) is 35.7 Å². The number of aromatic nitrogens is 3. The third-order valence-corrected chi connectivity index (χ3v) is 8.29. The minimum Gasteiger partial charge on any atom is -0.496 e. The van der Waals surface area contributed by atoms with Crippen molar-refractivity contribution in [2.45, 2.75) is 44.2 Å². The molecule has 1 N–H and O–H groups in total. The van der Waals surface area contributed by atoms with Gasteiger partial charge >= 0.3 is 0 Å². The zero-order chi connectivity index (χ0) is 26.6. The molecular weight excluding hydrogens is 504 g/mol. The Morgan fingerprint density at radius 3 is 2.79 bits per heavy atom. The van der Waals surface area contributed by atoms with Crippen LogP contribution in [-0.2, 0) is 4.79 Å². The number of amides is 2. The third kappa shape index (κ3) is 4.29. The fourth-order valence-electron chi connectivity index (χ4n) is 5.60. The van der Waals surface area contributed by atoms with Crippen LogP contribution in [0.4, 0.5) is 5.82 Å². The highest BCUT2D eigenvalue weighted by Crippen LogP contribution is 2.47. The lowest BCUT2D eigenvalue weighted by Crippen LogP contribution is -2.43. The molecule has 2 saturated carbocycles. The molecule has 0 spiro atoms. The number of methoxy groups -OCH3 is 1. The first kappa shape index (κ1) is 24.4. The number of nitrogens with zero attached hydrogens (tertiary/aromatic N) is 5. The molecule has 0 unspecified atom stereocenters. The van der Waals surface area contributed by atoms with E-state index in [1.165, 1.54) is 0 Å². The number of hydrogen-bond acceptors (Lipinski definition) is 6. The van der Waals surface area contributed by atoms with Gasteiger partial charge in [-0.15, -0.1) is 0 Å². The van der Waals surface area contributed by atoms with E-state index in [0.717, 1.165) is 30.4 Å². The number of carbonyl (C=O) groups is 2. The quantitative estimate of drug-likeness (QED) is 0.492. The summed E-state index contributed by atoms with van der Waals surface area (Å²) in [5, 5.41) is 17.5. The molecule has 3 fully saturated rings. The van der Waals surface area contributed by atoms with E-state index in [4.69, 9.17) is 16.3 Å². The van der Waals surface area contributed by atoms with Gasteiger partial charge in [-0.1, -0.05) is 11.6 Å². The van der Waals surface area contributed by atoms with Crippen molar-refractivity contribution in [3.05, 3.63) is 70.1 Å². The summed E-state index contributed by atoms with van der Waals surface area (Å²) in [5.41, 5.74) is 2.83. The average Bonchev–Trinajstić information content (AvgIpc) is 3.36. The van der Waals surface area contributed by atoms with Crippen LogP contribution in [0.1, 0.15) is 65.2 Å². The molecule has 2 amide bonds. The molecule has 2 aliphatic carbocycles. The smallest absolute Gasteiger partial charge is 0.254 e. The highest BCUT2D eigenvalue weighted by atomic mass is 35.5. The maximum absolute atomic E-state index is 12.9. The monoisotopic (exact) mass is 530 g/mol. The third-order valence-electron chi connectivity index (χ3n) is 8.06. The number of anilines is 1. The van der Waals surface area contributed by atoms with E-state index in [1.807, 2.05) is 13.0 Å². The lowest BCUT2D eigenvalue weighted by molar-refractivity contribution is -0.118. The maximum atomic E-state index is 12.9. The summed E-state index contributed by atoms with van der Waals surface area (Å²) in [5.74, 6) is 1.99. The summed E-state index contributed by atoms with van der Waals surface area (Å²) in [6.45, 7) is 2.67. The summed E-state index contributed by atoms with van der Waals surface area (Å²) in [6.07, 6.45) is 7.48. The van der Waals surface area contributed by atoms with E-state index in [9.17, 15) is 14.9 Å². The van der Waals surface area contributed by atoms with E-state index >= 15 is 0 Å². The molecule has 10 heteroatoms. The second-order valence-corrected chi connectivity index (χ2v) is 10.8. The Hall–Kier alpha value is -3.90. The highest BCUT2D eigenvalue weighted by Gasteiger charge is 2.53. The van der Waals surface area contributed by atoms with E-state index < -0.39 is 0 Å². The average molecular weight is 531 g/mol. The number of benzene rings is 1. The standard InChI is InChI=1S/C28H27ClN6O3/c1-15(24-12-31-26(9-25(24)38-2)34-13-18-7-23(18)28(34)37)35-14-19(11-32-35)27(36)33-21-5-17(6-21)22-8-20(29)4-3-16(22)10-30/h3-4,8-9,11-12,14-15,17-18,21,23H,5-7,13H2,1-2H3,(H,33,36)/t15-,17?,18-,21?,23-/m1/s1. The van der Waals surface area contributed by atoms with E-state index in [2.05, 4.69) is 21.5 Å². The van der Waals surface area contributed by atoms with Crippen LogP contribution in [-0.4, -0.2) is 46.3 Å². The summed E-state index contributed by atoms with van der Waals surface area (Å²) in [4.78, 5) is 31.7. The van der Waals surface area contributed by atoms with Crippen molar-refractivity contribution >= 4 is 29.2 Å². The van der Waals surface area contributed by atoms with Gasteiger partial charge in [0, 0.05) is 47.6 Å². The molecule has 3 aromatic rings. The van der Waals surface area contributed by atoms with Crippen LogP contribution in [0.2, 0.25) is 5.02 Å². The Morgan fingerprint density at radius 1 is 1.26 bits per heavy atom. The van der Waals surface area contributed by atoms with Crippen molar-refractivity contribution in [1.29, 1.82) is 5.26 Å². The first-order valence-electron chi connectivity index (χ1n) is 12.8. The number of pyridine rings is 1. The molecule has 194 valence electrons. The van der Waals surface area contributed by atoms with Gasteiger partial charge in [-0.25, -0.2) is 4.98 Å². The fraction of sp³-hybridized carbons (Fsp3) is 0.393. The molecule has 3 aliphatic rings. The molecule has 38 heavy (non-hydrogen) atoms. The molecule has 0 bridgehead atoms. The van der Waals surface area contributed by atoms with Crippen molar-refractivity contribution < 1.29 is 14.3 Å². The second kappa shape index (κ2) is 9.44. The Bertz CT molecular complexity index is 1470. The van der Waals surface area contributed by atoms with Gasteiger partial charge in [0.1, 0.15) is 11.6 Å². The summed E-state index contributed by atoms with van der Waals surface area (Å²) < 4.78 is 7.34. The fourth-order valence-corrected chi connectivity index (χ4v) is 5.78. The van der Waals surface area contributed by atoms with E-state index in [0.29, 0.717) is 40.2 Å². The predicted molar refractivity (Wildman–Crippen MR) is 140 cm³/mol. The number of halogens is 1. The largest absolute Gasteiger partial charge is 0.496 e. The van der Waals surface area contributed by atoms with Crippen molar-refractivity contribution in [2.75, 3.05) is 18.6 Å². The van der Waals surface area contributed by atoms with Crippen molar-refractivity contribution in [1.82, 2.24) is 20.1 Å². The Balaban J connectivity index is 1.10. The van der Waals surface area contributed by atoms with Gasteiger partial charge < -0.3 is 10.1 Å². The number of ether oxygens (including phenoxy) is 1. The molecule has 1 aromatic carbocycles.